The quantitative estimate of drug-likeness (QED) is 0.326. The highest BCUT2D eigenvalue weighted by Gasteiger charge is 2.23. The van der Waals surface area contributed by atoms with E-state index in [0.717, 1.165) is 49.3 Å². The van der Waals surface area contributed by atoms with Gasteiger partial charge >= 0.3 is 6.18 Å². The Morgan fingerprint density at radius 3 is 2.12 bits per heavy atom. The standard InChI is InChI=1S/C26H24F6/c1-2-3-17-4-7-19(8-5-17)21-11-10-20(23(27)16-21)9-6-18-14-24(28)22(25(29)15-18)12-13-26(30,31)32/h10-17,19H,2-5,7-8H2,1H3/b13-12+. The van der Waals surface area contributed by atoms with Crippen molar-refractivity contribution in [3.05, 3.63) is 76.1 Å². The minimum Gasteiger partial charge on any atom is -0.206 e. The number of benzene rings is 2. The molecule has 32 heavy (non-hydrogen) atoms. The van der Waals surface area contributed by atoms with Crippen LogP contribution in [0.15, 0.2) is 36.4 Å². The Kier molecular flexibility index (Phi) is 7.71. The largest absolute Gasteiger partial charge is 0.409 e. The van der Waals surface area contributed by atoms with Crippen molar-refractivity contribution >= 4 is 6.08 Å². The summed E-state index contributed by atoms with van der Waals surface area (Å²) in [4.78, 5) is 0. The maximum atomic E-state index is 14.6. The molecule has 0 atom stereocenters. The van der Waals surface area contributed by atoms with Gasteiger partial charge in [-0.1, -0.05) is 37.7 Å². The fourth-order valence-electron chi connectivity index (χ4n) is 4.21. The second-order valence-corrected chi connectivity index (χ2v) is 8.22. The summed E-state index contributed by atoms with van der Waals surface area (Å²) in [5.41, 5.74) is 0.120. The number of hydrogen-bond acceptors (Lipinski definition) is 0. The number of hydrogen-bond donors (Lipinski definition) is 0. The van der Waals surface area contributed by atoms with E-state index in [2.05, 4.69) is 18.8 Å². The van der Waals surface area contributed by atoms with Crippen molar-refractivity contribution in [2.24, 2.45) is 5.92 Å². The van der Waals surface area contributed by atoms with E-state index < -0.39 is 29.2 Å². The van der Waals surface area contributed by atoms with Gasteiger partial charge in [0.2, 0.25) is 0 Å². The maximum absolute atomic E-state index is 14.6. The van der Waals surface area contributed by atoms with Crippen LogP contribution in [0.3, 0.4) is 0 Å². The van der Waals surface area contributed by atoms with Crippen LogP contribution < -0.4 is 0 Å². The van der Waals surface area contributed by atoms with Gasteiger partial charge in [-0.15, -0.1) is 0 Å². The molecule has 0 aliphatic heterocycles. The van der Waals surface area contributed by atoms with E-state index in [4.69, 9.17) is 0 Å². The molecule has 2 aromatic rings. The third kappa shape index (κ3) is 6.41. The SMILES string of the molecule is CCCC1CCC(c2ccc(C#Cc3cc(F)c(/C=C/C(F)(F)F)c(F)c3)c(F)c2)CC1. The van der Waals surface area contributed by atoms with Crippen LogP contribution >= 0.6 is 0 Å². The molecule has 0 nitrogen and oxygen atoms in total. The summed E-state index contributed by atoms with van der Waals surface area (Å²) in [6.45, 7) is 2.18. The molecule has 0 unspecified atom stereocenters. The predicted octanol–water partition coefficient (Wildman–Crippen LogP) is 8.15. The predicted molar refractivity (Wildman–Crippen MR) is 113 cm³/mol. The van der Waals surface area contributed by atoms with Crippen LogP contribution in [0, 0.1) is 35.2 Å². The molecule has 0 N–H and O–H groups in total. The molecule has 1 saturated carbocycles. The highest BCUT2D eigenvalue weighted by molar-refractivity contribution is 5.55. The molecule has 0 spiro atoms. The summed E-state index contributed by atoms with van der Waals surface area (Å²) in [5.74, 6) is 3.26. The van der Waals surface area contributed by atoms with Gasteiger partial charge in [-0.05, 0) is 73.4 Å². The van der Waals surface area contributed by atoms with Crippen molar-refractivity contribution in [1.29, 1.82) is 0 Å². The average molecular weight is 450 g/mol. The van der Waals surface area contributed by atoms with Crippen molar-refractivity contribution in [2.45, 2.75) is 57.5 Å². The van der Waals surface area contributed by atoms with E-state index in [0.29, 0.717) is 12.0 Å². The van der Waals surface area contributed by atoms with Crippen LogP contribution in [0.2, 0.25) is 0 Å². The smallest absolute Gasteiger partial charge is 0.206 e. The number of allylic oxidation sites excluding steroid dienone is 1. The molecule has 1 fully saturated rings. The van der Waals surface area contributed by atoms with Crippen LogP contribution in [0.4, 0.5) is 26.3 Å². The summed E-state index contributed by atoms with van der Waals surface area (Å²) in [7, 11) is 0. The van der Waals surface area contributed by atoms with E-state index in [-0.39, 0.29) is 17.2 Å². The number of rotatable bonds is 4. The Bertz CT molecular complexity index is 1010. The van der Waals surface area contributed by atoms with Gasteiger partial charge in [-0.2, -0.15) is 13.2 Å². The second-order valence-electron chi connectivity index (χ2n) is 8.22. The lowest BCUT2D eigenvalue weighted by molar-refractivity contribution is -0.0790. The van der Waals surface area contributed by atoms with E-state index in [9.17, 15) is 26.3 Å². The first-order valence-corrected chi connectivity index (χ1v) is 10.7. The van der Waals surface area contributed by atoms with E-state index >= 15 is 0 Å². The molecule has 0 heterocycles. The molecule has 0 aromatic heterocycles. The molecular formula is C26H24F6. The Labute approximate surface area is 184 Å². The van der Waals surface area contributed by atoms with Crippen LogP contribution in [0.5, 0.6) is 0 Å². The molecule has 0 amide bonds. The van der Waals surface area contributed by atoms with E-state index in [1.807, 2.05) is 6.07 Å². The first kappa shape index (κ1) is 24.0. The third-order valence-electron chi connectivity index (χ3n) is 5.87. The number of halogens is 6. The maximum Gasteiger partial charge on any atom is 0.409 e. The summed E-state index contributed by atoms with van der Waals surface area (Å²) in [5, 5.41) is 0. The normalized spacial score (nSPS) is 19.1. The zero-order valence-electron chi connectivity index (χ0n) is 17.7. The molecule has 0 radical (unpaired) electrons. The number of alkyl halides is 3. The Morgan fingerprint density at radius 1 is 0.906 bits per heavy atom. The van der Waals surface area contributed by atoms with E-state index in [1.165, 1.54) is 18.9 Å². The van der Waals surface area contributed by atoms with Crippen molar-refractivity contribution in [3.63, 3.8) is 0 Å². The Morgan fingerprint density at radius 2 is 1.56 bits per heavy atom. The Hall–Kier alpha value is -2.68. The lowest BCUT2D eigenvalue weighted by Gasteiger charge is -2.28. The van der Waals surface area contributed by atoms with Crippen LogP contribution in [0.25, 0.3) is 6.08 Å². The summed E-state index contributed by atoms with van der Waals surface area (Å²) in [6.07, 6.45) is 2.17. The van der Waals surface area contributed by atoms with Gasteiger partial charge in [0.15, 0.2) is 0 Å². The first-order chi connectivity index (χ1) is 15.2. The van der Waals surface area contributed by atoms with Gasteiger partial charge in [0.1, 0.15) is 17.5 Å². The summed E-state index contributed by atoms with van der Waals surface area (Å²) < 4.78 is 79.3. The molecule has 1 aliphatic rings. The topological polar surface area (TPSA) is 0 Å². The van der Waals surface area contributed by atoms with Crippen LogP contribution in [-0.4, -0.2) is 6.18 Å². The van der Waals surface area contributed by atoms with Crippen molar-refractivity contribution in [1.82, 2.24) is 0 Å². The zero-order chi connectivity index (χ0) is 23.3. The Balaban J connectivity index is 1.74. The molecular weight excluding hydrogens is 426 g/mol. The van der Waals surface area contributed by atoms with Crippen LogP contribution in [-0.2, 0) is 0 Å². The van der Waals surface area contributed by atoms with Crippen molar-refractivity contribution < 1.29 is 26.3 Å². The highest BCUT2D eigenvalue weighted by Crippen LogP contribution is 2.37. The summed E-state index contributed by atoms with van der Waals surface area (Å²) >= 11 is 0. The molecule has 3 rings (SSSR count). The van der Waals surface area contributed by atoms with Gasteiger partial charge in [0, 0.05) is 17.2 Å². The van der Waals surface area contributed by atoms with Crippen LogP contribution in [0.1, 0.15) is 73.6 Å². The molecule has 2 aromatic carbocycles. The molecule has 6 heteroatoms. The van der Waals surface area contributed by atoms with Gasteiger partial charge < -0.3 is 0 Å². The van der Waals surface area contributed by atoms with Crippen molar-refractivity contribution in [3.8, 4) is 11.8 Å². The fraction of sp³-hybridized carbons (Fsp3) is 0.385. The monoisotopic (exact) mass is 450 g/mol. The lowest BCUT2D eigenvalue weighted by Crippen LogP contribution is -2.13. The molecule has 0 bridgehead atoms. The minimum atomic E-state index is -4.68. The fourth-order valence-corrected chi connectivity index (χ4v) is 4.21. The van der Waals surface area contributed by atoms with Gasteiger partial charge in [-0.25, -0.2) is 13.2 Å². The van der Waals surface area contributed by atoms with Crippen molar-refractivity contribution in [2.75, 3.05) is 0 Å². The van der Waals surface area contributed by atoms with Gasteiger partial charge in [0.05, 0.1) is 5.56 Å². The van der Waals surface area contributed by atoms with Gasteiger partial charge in [-0.3, -0.25) is 0 Å². The highest BCUT2D eigenvalue weighted by atomic mass is 19.4. The second kappa shape index (κ2) is 10.3. The molecule has 1 aliphatic carbocycles. The molecule has 0 saturated heterocycles. The van der Waals surface area contributed by atoms with Gasteiger partial charge in [0.25, 0.3) is 0 Å². The van der Waals surface area contributed by atoms with E-state index in [1.54, 1.807) is 6.07 Å². The zero-order valence-corrected chi connectivity index (χ0v) is 17.7. The minimum absolute atomic E-state index is 0.0929. The lowest BCUT2D eigenvalue weighted by atomic mass is 9.77. The molecule has 170 valence electrons. The average Bonchev–Trinajstić information content (AvgIpc) is 2.72. The first-order valence-electron chi connectivity index (χ1n) is 10.7. The summed E-state index contributed by atoms with van der Waals surface area (Å²) in [6, 6.07) is 6.52. The third-order valence-corrected chi connectivity index (χ3v) is 5.87.